The molecule has 4 nitrogen and oxygen atoms in total. The van der Waals surface area contributed by atoms with Crippen LogP contribution < -0.4 is 0 Å². The Hall–Kier alpha value is -3.50. The first-order valence-electron chi connectivity index (χ1n) is 9.68. The lowest BCUT2D eigenvalue weighted by Crippen LogP contribution is -2.07. The van der Waals surface area contributed by atoms with Crippen LogP contribution in [0, 0.1) is 0 Å². The average molecular weight is 417 g/mol. The molecule has 30 heavy (non-hydrogen) atoms. The molecule has 4 aromatic rings. The molecule has 0 amide bonds. The van der Waals surface area contributed by atoms with Crippen molar-refractivity contribution in [1.82, 2.24) is 9.55 Å². The van der Waals surface area contributed by atoms with Crippen LogP contribution in [0.2, 0.25) is 5.02 Å². The summed E-state index contributed by atoms with van der Waals surface area (Å²) >= 11 is 6.04. The number of nitrogens with zero attached hydrogens (tertiary/aromatic N) is 1. The molecular weight excluding hydrogens is 396 g/mol. The van der Waals surface area contributed by atoms with Gasteiger partial charge in [0.2, 0.25) is 0 Å². The van der Waals surface area contributed by atoms with Crippen molar-refractivity contribution in [2.75, 3.05) is 6.61 Å². The van der Waals surface area contributed by atoms with Crippen LogP contribution in [0.4, 0.5) is 0 Å². The standard InChI is InChI=1S/C25H21ClN2O2/c1-3-28-22(18-10-12-19(26)13-11-18)14-15-23(28)20-16-21(17-8-6-5-7-9-17)27-24(20)25(29)30-4-2/h3,5-16,27H,1,4H2,2H3. The third kappa shape index (κ3) is 3.70. The van der Waals surface area contributed by atoms with E-state index in [0.717, 1.165) is 33.8 Å². The number of rotatable bonds is 6. The zero-order chi connectivity index (χ0) is 21.1. The molecule has 0 radical (unpaired) electrons. The normalized spacial score (nSPS) is 10.7. The van der Waals surface area contributed by atoms with Gasteiger partial charge in [-0.1, -0.05) is 60.6 Å². The van der Waals surface area contributed by atoms with Crippen molar-refractivity contribution in [3.8, 4) is 33.8 Å². The molecule has 2 heterocycles. The lowest BCUT2D eigenvalue weighted by atomic mass is 10.1. The minimum atomic E-state index is -0.389. The van der Waals surface area contributed by atoms with Gasteiger partial charge in [-0.3, -0.25) is 0 Å². The summed E-state index contributed by atoms with van der Waals surface area (Å²) in [5, 5.41) is 0.679. The van der Waals surface area contributed by atoms with Gasteiger partial charge in [-0.25, -0.2) is 4.79 Å². The number of H-pyrrole nitrogens is 1. The lowest BCUT2D eigenvalue weighted by Gasteiger charge is -2.10. The molecule has 0 atom stereocenters. The van der Waals surface area contributed by atoms with E-state index in [2.05, 4.69) is 11.6 Å². The van der Waals surface area contributed by atoms with Crippen LogP contribution in [0.5, 0.6) is 0 Å². The van der Waals surface area contributed by atoms with Gasteiger partial charge < -0.3 is 14.3 Å². The number of halogens is 1. The van der Waals surface area contributed by atoms with E-state index in [1.54, 1.807) is 13.1 Å². The van der Waals surface area contributed by atoms with Crippen LogP contribution in [0.3, 0.4) is 0 Å². The highest BCUT2D eigenvalue weighted by Gasteiger charge is 2.22. The maximum absolute atomic E-state index is 12.7. The van der Waals surface area contributed by atoms with Crippen LogP contribution in [0.25, 0.3) is 40.0 Å². The third-order valence-corrected chi connectivity index (χ3v) is 5.15. The van der Waals surface area contributed by atoms with Crippen LogP contribution in [-0.2, 0) is 4.74 Å². The van der Waals surface area contributed by atoms with Crippen molar-refractivity contribution in [2.45, 2.75) is 6.92 Å². The molecule has 2 aromatic heterocycles. The first-order valence-corrected chi connectivity index (χ1v) is 10.1. The number of aromatic nitrogens is 2. The van der Waals surface area contributed by atoms with E-state index < -0.39 is 0 Å². The van der Waals surface area contributed by atoms with E-state index in [-0.39, 0.29) is 5.97 Å². The van der Waals surface area contributed by atoms with Crippen molar-refractivity contribution >= 4 is 23.8 Å². The predicted octanol–water partition coefficient (Wildman–Crippen LogP) is 6.75. The highest BCUT2D eigenvalue weighted by atomic mass is 35.5. The second-order valence-electron chi connectivity index (χ2n) is 6.72. The number of ether oxygens (including phenoxy) is 1. The molecule has 150 valence electrons. The van der Waals surface area contributed by atoms with Crippen LogP contribution in [-0.4, -0.2) is 22.1 Å². The number of benzene rings is 2. The average Bonchev–Trinajstić information content (AvgIpc) is 3.39. The topological polar surface area (TPSA) is 47.0 Å². The Labute approximate surface area is 180 Å². The van der Waals surface area contributed by atoms with Gasteiger partial charge in [0.15, 0.2) is 0 Å². The zero-order valence-corrected chi connectivity index (χ0v) is 17.3. The van der Waals surface area contributed by atoms with Crippen LogP contribution in [0.1, 0.15) is 17.4 Å². The number of carbonyl (C=O) groups is 1. The molecular formula is C25H21ClN2O2. The van der Waals surface area contributed by atoms with Crippen molar-refractivity contribution in [3.63, 3.8) is 0 Å². The number of hydrogen-bond donors (Lipinski definition) is 1. The van der Waals surface area contributed by atoms with Crippen LogP contribution in [0.15, 0.2) is 79.4 Å². The fraction of sp³-hybridized carbons (Fsp3) is 0.0800. The minimum Gasteiger partial charge on any atom is -0.461 e. The van der Waals surface area contributed by atoms with Gasteiger partial charge in [0.25, 0.3) is 0 Å². The first kappa shape index (κ1) is 19.8. The fourth-order valence-corrected chi connectivity index (χ4v) is 3.64. The summed E-state index contributed by atoms with van der Waals surface area (Å²) in [7, 11) is 0. The van der Waals surface area contributed by atoms with Gasteiger partial charge >= 0.3 is 5.97 Å². The minimum absolute atomic E-state index is 0.302. The molecule has 0 saturated heterocycles. The number of aromatic amines is 1. The summed E-state index contributed by atoms with van der Waals surface area (Å²) in [5.41, 5.74) is 5.81. The van der Waals surface area contributed by atoms with Gasteiger partial charge in [-0.05, 0) is 48.4 Å². The van der Waals surface area contributed by atoms with Gasteiger partial charge in [0, 0.05) is 22.5 Å². The maximum Gasteiger partial charge on any atom is 0.355 e. The Bertz CT molecular complexity index is 1190. The Morgan fingerprint density at radius 2 is 1.73 bits per heavy atom. The highest BCUT2D eigenvalue weighted by molar-refractivity contribution is 6.30. The molecule has 0 saturated carbocycles. The monoisotopic (exact) mass is 416 g/mol. The Kier molecular flexibility index (Phi) is 5.59. The predicted molar refractivity (Wildman–Crippen MR) is 122 cm³/mol. The molecule has 0 fully saturated rings. The van der Waals surface area contributed by atoms with Crippen molar-refractivity contribution in [1.29, 1.82) is 0 Å². The smallest absolute Gasteiger partial charge is 0.355 e. The molecule has 2 aromatic carbocycles. The number of esters is 1. The molecule has 0 bridgehead atoms. The molecule has 1 N–H and O–H groups in total. The SMILES string of the molecule is C=Cn1c(-c2ccc(Cl)cc2)ccc1-c1cc(-c2ccccc2)[nH]c1C(=O)OCC. The summed E-state index contributed by atoms with van der Waals surface area (Å²) in [4.78, 5) is 15.9. The van der Waals surface area contributed by atoms with E-state index >= 15 is 0 Å². The highest BCUT2D eigenvalue weighted by Crippen LogP contribution is 2.35. The van der Waals surface area contributed by atoms with E-state index in [4.69, 9.17) is 16.3 Å². The van der Waals surface area contributed by atoms with Gasteiger partial charge in [-0.15, -0.1) is 0 Å². The lowest BCUT2D eigenvalue weighted by molar-refractivity contribution is 0.0521. The molecule has 5 heteroatoms. The summed E-state index contributed by atoms with van der Waals surface area (Å²) in [5.74, 6) is -0.389. The number of hydrogen-bond acceptors (Lipinski definition) is 2. The molecule has 4 rings (SSSR count). The Morgan fingerprint density at radius 1 is 1.03 bits per heavy atom. The molecule has 0 unspecified atom stereocenters. The van der Waals surface area contributed by atoms with Crippen LogP contribution >= 0.6 is 11.6 Å². The second-order valence-corrected chi connectivity index (χ2v) is 7.16. The summed E-state index contributed by atoms with van der Waals surface area (Å²) < 4.78 is 7.26. The largest absolute Gasteiger partial charge is 0.461 e. The third-order valence-electron chi connectivity index (χ3n) is 4.90. The second kappa shape index (κ2) is 8.47. The number of nitrogens with one attached hydrogen (secondary N) is 1. The van der Waals surface area contributed by atoms with E-state index in [0.29, 0.717) is 17.3 Å². The molecule has 0 spiro atoms. The Balaban J connectivity index is 1.87. The molecule has 0 aliphatic carbocycles. The molecule has 0 aliphatic heterocycles. The number of carbonyl (C=O) groups excluding carboxylic acids is 1. The summed E-state index contributed by atoms with van der Waals surface area (Å²) in [6.07, 6.45) is 1.74. The van der Waals surface area contributed by atoms with Gasteiger partial charge in [0.05, 0.1) is 18.0 Å². The molecule has 0 aliphatic rings. The van der Waals surface area contributed by atoms with Crippen molar-refractivity contribution < 1.29 is 9.53 Å². The van der Waals surface area contributed by atoms with Gasteiger partial charge in [0.1, 0.15) is 5.69 Å². The Morgan fingerprint density at radius 3 is 2.40 bits per heavy atom. The van der Waals surface area contributed by atoms with Gasteiger partial charge in [-0.2, -0.15) is 0 Å². The van der Waals surface area contributed by atoms with E-state index in [1.165, 1.54) is 0 Å². The van der Waals surface area contributed by atoms with Crippen molar-refractivity contribution in [2.24, 2.45) is 0 Å². The van der Waals surface area contributed by atoms with Crippen molar-refractivity contribution in [3.05, 3.63) is 90.1 Å². The summed E-state index contributed by atoms with van der Waals surface area (Å²) in [6.45, 7) is 6.08. The van der Waals surface area contributed by atoms with E-state index in [9.17, 15) is 4.79 Å². The summed E-state index contributed by atoms with van der Waals surface area (Å²) in [6, 6.07) is 23.5. The zero-order valence-electron chi connectivity index (χ0n) is 16.6. The fourth-order valence-electron chi connectivity index (χ4n) is 3.51. The first-order chi connectivity index (χ1) is 14.6. The van der Waals surface area contributed by atoms with E-state index in [1.807, 2.05) is 77.4 Å². The quantitative estimate of drug-likeness (QED) is 0.353. The maximum atomic E-state index is 12.7.